The van der Waals surface area contributed by atoms with Crippen LogP contribution in [0.5, 0.6) is 5.75 Å². The lowest BCUT2D eigenvalue weighted by atomic mass is 10.2. The summed E-state index contributed by atoms with van der Waals surface area (Å²) in [4.78, 5) is 4.19. The number of hydrogen-bond acceptors (Lipinski definition) is 2. The maximum Gasteiger partial charge on any atom is 0.138 e. The molecule has 0 heterocycles. The third kappa shape index (κ3) is 4.15. The molecule has 2 aromatic carbocycles. The number of benzene rings is 2. The van der Waals surface area contributed by atoms with Gasteiger partial charge in [-0.3, -0.25) is 0 Å². The van der Waals surface area contributed by atoms with Crippen molar-refractivity contribution in [3.8, 4) is 5.75 Å². The summed E-state index contributed by atoms with van der Waals surface area (Å²) in [6.45, 7) is 0.411. The van der Waals surface area contributed by atoms with Crippen LogP contribution in [0.2, 0.25) is 5.02 Å². The molecule has 0 amide bonds. The highest BCUT2D eigenvalue weighted by Gasteiger charge is 2.01. The average Bonchev–Trinajstić information content (AvgIpc) is 2.47. The normalized spacial score (nSPS) is 11.4. The molecule has 0 radical (unpaired) electrons. The van der Waals surface area contributed by atoms with Crippen LogP contribution in [0.15, 0.2) is 53.5 Å². The van der Waals surface area contributed by atoms with E-state index >= 15 is 0 Å². The Bertz CT molecular complexity index is 614. The predicted molar refractivity (Wildman–Crippen MR) is 84.2 cm³/mol. The SMILES string of the molecule is NC(CCl)=Nc1cccc(COc2ccccc2Cl)c1. The van der Waals surface area contributed by atoms with Gasteiger partial charge in [0.25, 0.3) is 0 Å². The molecule has 0 unspecified atom stereocenters. The zero-order valence-corrected chi connectivity index (χ0v) is 12.2. The quantitative estimate of drug-likeness (QED) is 0.512. The van der Waals surface area contributed by atoms with Crippen molar-refractivity contribution in [2.24, 2.45) is 10.7 Å². The number of alkyl halides is 1. The number of aliphatic imine (C=N–C) groups is 1. The van der Waals surface area contributed by atoms with Gasteiger partial charge >= 0.3 is 0 Å². The number of rotatable bonds is 5. The molecule has 0 saturated carbocycles. The number of para-hydroxylation sites is 1. The summed E-state index contributed by atoms with van der Waals surface area (Å²) in [5.41, 5.74) is 7.34. The van der Waals surface area contributed by atoms with Gasteiger partial charge in [0.15, 0.2) is 0 Å². The van der Waals surface area contributed by atoms with E-state index in [1.165, 1.54) is 0 Å². The van der Waals surface area contributed by atoms with E-state index in [9.17, 15) is 0 Å². The summed E-state index contributed by atoms with van der Waals surface area (Å²) < 4.78 is 5.67. The van der Waals surface area contributed by atoms with Crippen LogP contribution < -0.4 is 10.5 Å². The Morgan fingerprint density at radius 3 is 2.70 bits per heavy atom. The zero-order chi connectivity index (χ0) is 14.4. The first-order valence-electron chi connectivity index (χ1n) is 6.04. The largest absolute Gasteiger partial charge is 0.487 e. The minimum absolute atomic E-state index is 0.209. The second kappa shape index (κ2) is 7.17. The van der Waals surface area contributed by atoms with E-state index < -0.39 is 0 Å². The summed E-state index contributed by atoms with van der Waals surface area (Å²) >= 11 is 11.6. The van der Waals surface area contributed by atoms with E-state index in [1.54, 1.807) is 6.07 Å². The van der Waals surface area contributed by atoms with Crippen LogP contribution in [0, 0.1) is 0 Å². The molecule has 2 aromatic rings. The number of nitrogens with zero attached hydrogens (tertiary/aromatic N) is 1. The predicted octanol–water partition coefficient (Wildman–Crippen LogP) is 4.15. The monoisotopic (exact) mass is 308 g/mol. The Morgan fingerprint density at radius 2 is 1.95 bits per heavy atom. The Labute approximate surface area is 128 Å². The molecule has 3 nitrogen and oxygen atoms in total. The maximum absolute atomic E-state index is 6.03. The molecule has 104 valence electrons. The third-order valence-electron chi connectivity index (χ3n) is 2.55. The van der Waals surface area contributed by atoms with Gasteiger partial charge in [-0.1, -0.05) is 35.9 Å². The van der Waals surface area contributed by atoms with Gasteiger partial charge in [-0.05, 0) is 29.8 Å². The van der Waals surface area contributed by atoms with E-state index in [0.29, 0.717) is 23.2 Å². The molecule has 2 N–H and O–H groups in total. The molecule has 0 aliphatic heterocycles. The highest BCUT2D eigenvalue weighted by atomic mass is 35.5. The molecule has 0 saturated heterocycles. The van der Waals surface area contributed by atoms with Crippen LogP contribution in [-0.2, 0) is 6.61 Å². The van der Waals surface area contributed by atoms with Crippen molar-refractivity contribution in [2.75, 3.05) is 5.88 Å². The second-order valence-corrected chi connectivity index (χ2v) is 4.80. The van der Waals surface area contributed by atoms with E-state index in [4.69, 9.17) is 33.7 Å². The van der Waals surface area contributed by atoms with Gasteiger partial charge < -0.3 is 10.5 Å². The molecule has 5 heteroatoms. The number of nitrogens with two attached hydrogens (primary N) is 1. The second-order valence-electron chi connectivity index (χ2n) is 4.13. The highest BCUT2D eigenvalue weighted by Crippen LogP contribution is 2.24. The topological polar surface area (TPSA) is 47.6 Å². The Morgan fingerprint density at radius 1 is 1.15 bits per heavy atom. The first kappa shape index (κ1) is 14.7. The molecule has 20 heavy (non-hydrogen) atoms. The summed E-state index contributed by atoms with van der Waals surface area (Å²) in [6, 6.07) is 15.0. The summed E-state index contributed by atoms with van der Waals surface area (Å²) in [7, 11) is 0. The number of halogens is 2. The molecule has 0 aliphatic carbocycles. The standard InChI is InChI=1S/C15H14Cl2N2O/c16-9-15(18)19-12-5-3-4-11(8-12)10-20-14-7-2-1-6-13(14)17/h1-8H,9-10H2,(H2,18,19). The minimum atomic E-state index is 0.209. The van der Waals surface area contributed by atoms with Crippen molar-refractivity contribution in [3.05, 3.63) is 59.1 Å². The molecule has 0 aliphatic rings. The zero-order valence-electron chi connectivity index (χ0n) is 10.7. The first-order chi connectivity index (χ1) is 9.69. The minimum Gasteiger partial charge on any atom is -0.487 e. The number of amidine groups is 1. The van der Waals surface area contributed by atoms with Crippen LogP contribution >= 0.6 is 23.2 Å². The molecule has 0 fully saturated rings. The fraction of sp³-hybridized carbons (Fsp3) is 0.133. The van der Waals surface area contributed by atoms with Gasteiger partial charge in [0.2, 0.25) is 0 Å². The Hall–Kier alpha value is -1.71. The molecule has 0 aromatic heterocycles. The van der Waals surface area contributed by atoms with E-state index in [0.717, 1.165) is 11.3 Å². The van der Waals surface area contributed by atoms with Gasteiger partial charge in [0.05, 0.1) is 16.6 Å². The van der Waals surface area contributed by atoms with Crippen LogP contribution in [0.4, 0.5) is 5.69 Å². The average molecular weight is 309 g/mol. The fourth-order valence-corrected chi connectivity index (χ4v) is 1.88. The van der Waals surface area contributed by atoms with Gasteiger partial charge in [0, 0.05) is 0 Å². The van der Waals surface area contributed by atoms with Crippen LogP contribution in [0.25, 0.3) is 0 Å². The van der Waals surface area contributed by atoms with Crippen molar-refractivity contribution in [3.63, 3.8) is 0 Å². The summed E-state index contributed by atoms with van der Waals surface area (Å²) in [5, 5.41) is 0.591. The van der Waals surface area contributed by atoms with Gasteiger partial charge in [-0.2, -0.15) is 0 Å². The lowest BCUT2D eigenvalue weighted by Gasteiger charge is -2.08. The van der Waals surface area contributed by atoms with Crippen LogP contribution in [-0.4, -0.2) is 11.7 Å². The van der Waals surface area contributed by atoms with Crippen molar-refractivity contribution in [2.45, 2.75) is 6.61 Å². The van der Waals surface area contributed by atoms with Gasteiger partial charge in [-0.15, -0.1) is 11.6 Å². The molecule has 0 atom stereocenters. The molecular formula is C15H14Cl2N2O. The number of ether oxygens (including phenoxy) is 1. The Balaban J connectivity index is 2.07. The lowest BCUT2D eigenvalue weighted by molar-refractivity contribution is 0.306. The molecule has 0 spiro atoms. The van der Waals surface area contributed by atoms with Crippen molar-refractivity contribution in [1.29, 1.82) is 0 Å². The highest BCUT2D eigenvalue weighted by molar-refractivity contribution is 6.32. The van der Waals surface area contributed by atoms with E-state index in [-0.39, 0.29) is 5.88 Å². The van der Waals surface area contributed by atoms with Crippen molar-refractivity contribution in [1.82, 2.24) is 0 Å². The molecule has 2 rings (SSSR count). The fourth-order valence-electron chi connectivity index (χ4n) is 1.63. The smallest absolute Gasteiger partial charge is 0.138 e. The van der Waals surface area contributed by atoms with Crippen LogP contribution in [0.3, 0.4) is 0 Å². The Kier molecular flexibility index (Phi) is 5.27. The lowest BCUT2D eigenvalue weighted by Crippen LogP contribution is -2.12. The van der Waals surface area contributed by atoms with Gasteiger partial charge in [0.1, 0.15) is 18.2 Å². The summed E-state index contributed by atoms with van der Waals surface area (Å²) in [5.74, 6) is 1.25. The first-order valence-corrected chi connectivity index (χ1v) is 6.95. The number of hydrogen-bond donors (Lipinski definition) is 1. The van der Waals surface area contributed by atoms with E-state index in [1.807, 2.05) is 42.5 Å². The van der Waals surface area contributed by atoms with Crippen molar-refractivity contribution >= 4 is 34.7 Å². The van der Waals surface area contributed by atoms with Crippen molar-refractivity contribution < 1.29 is 4.74 Å². The third-order valence-corrected chi connectivity index (χ3v) is 3.14. The van der Waals surface area contributed by atoms with E-state index in [2.05, 4.69) is 4.99 Å². The van der Waals surface area contributed by atoms with Crippen LogP contribution in [0.1, 0.15) is 5.56 Å². The van der Waals surface area contributed by atoms with Gasteiger partial charge in [-0.25, -0.2) is 4.99 Å². The summed E-state index contributed by atoms with van der Waals surface area (Å²) in [6.07, 6.45) is 0. The molecule has 0 bridgehead atoms. The maximum atomic E-state index is 6.03. The molecular weight excluding hydrogens is 295 g/mol.